The lowest BCUT2D eigenvalue weighted by Gasteiger charge is -2.33. The summed E-state index contributed by atoms with van der Waals surface area (Å²) >= 11 is 1.39. The van der Waals surface area contributed by atoms with Crippen molar-refractivity contribution in [3.05, 3.63) is 35.9 Å². The van der Waals surface area contributed by atoms with E-state index in [1.54, 1.807) is 12.1 Å². The summed E-state index contributed by atoms with van der Waals surface area (Å²) in [6.07, 6.45) is 3.31. The van der Waals surface area contributed by atoms with Gasteiger partial charge in [-0.15, -0.1) is 10.2 Å². The lowest BCUT2D eigenvalue weighted by atomic mass is 10.0. The molecule has 1 saturated heterocycles. The highest BCUT2D eigenvalue weighted by Gasteiger charge is 2.25. The quantitative estimate of drug-likeness (QED) is 0.689. The van der Waals surface area contributed by atoms with E-state index in [0.717, 1.165) is 30.9 Å². The van der Waals surface area contributed by atoms with E-state index in [1.165, 1.54) is 30.3 Å². The number of hydrogen-bond acceptors (Lipinski definition) is 5. The van der Waals surface area contributed by atoms with Gasteiger partial charge in [-0.25, -0.2) is 4.39 Å². The van der Waals surface area contributed by atoms with Gasteiger partial charge in [-0.1, -0.05) is 11.8 Å². The van der Waals surface area contributed by atoms with Crippen LogP contribution in [0, 0.1) is 5.82 Å². The topological polar surface area (TPSA) is 54.3 Å². The molecule has 0 N–H and O–H groups in total. The Morgan fingerprint density at radius 3 is 2.64 bits per heavy atom. The number of likely N-dealkylation sites (tertiary alicyclic amines) is 1. The van der Waals surface area contributed by atoms with Gasteiger partial charge in [0.25, 0.3) is 0 Å². The molecular weight excluding hydrogens is 377 g/mol. The van der Waals surface area contributed by atoms with Gasteiger partial charge < -0.3 is 4.90 Å². The highest BCUT2D eigenvalue weighted by molar-refractivity contribution is 7.99. The molecule has 2 heterocycles. The third-order valence-corrected chi connectivity index (χ3v) is 6.25. The van der Waals surface area contributed by atoms with Gasteiger partial charge in [0.15, 0.2) is 11.0 Å². The Morgan fingerprint density at radius 2 is 2.00 bits per heavy atom. The van der Waals surface area contributed by atoms with E-state index in [1.807, 2.05) is 35.4 Å². The first-order valence-electron chi connectivity index (χ1n) is 9.68. The number of halogens is 1. The Morgan fingerprint density at radius 1 is 1.29 bits per heavy atom. The summed E-state index contributed by atoms with van der Waals surface area (Å²) in [5.74, 6) is 0.925. The van der Waals surface area contributed by atoms with E-state index in [-0.39, 0.29) is 17.8 Å². The molecule has 1 aromatic heterocycles. The van der Waals surface area contributed by atoms with Crippen molar-refractivity contribution >= 4 is 17.7 Å². The van der Waals surface area contributed by atoms with Crippen LogP contribution in [0.3, 0.4) is 0 Å². The first-order chi connectivity index (χ1) is 13.4. The normalized spacial score (nSPS) is 18.5. The summed E-state index contributed by atoms with van der Waals surface area (Å²) in [7, 11) is 3.95. The van der Waals surface area contributed by atoms with Gasteiger partial charge in [0, 0.05) is 18.3 Å². The third-order valence-electron chi connectivity index (χ3n) is 5.34. The van der Waals surface area contributed by atoms with Gasteiger partial charge in [0.2, 0.25) is 5.91 Å². The smallest absolute Gasteiger partial charge is 0.233 e. The van der Waals surface area contributed by atoms with Crippen molar-refractivity contribution < 1.29 is 9.18 Å². The first-order valence-corrected chi connectivity index (χ1v) is 10.7. The second-order valence-electron chi connectivity index (χ2n) is 7.51. The predicted octanol–water partition coefficient (Wildman–Crippen LogP) is 3.52. The average molecular weight is 406 g/mol. The van der Waals surface area contributed by atoms with Gasteiger partial charge in [0.05, 0.1) is 11.8 Å². The zero-order valence-electron chi connectivity index (χ0n) is 16.9. The van der Waals surface area contributed by atoms with Crippen molar-refractivity contribution in [3.63, 3.8) is 0 Å². The molecule has 1 amide bonds. The van der Waals surface area contributed by atoms with Crippen LogP contribution < -0.4 is 0 Å². The third kappa shape index (κ3) is 4.55. The van der Waals surface area contributed by atoms with Crippen LogP contribution in [0.15, 0.2) is 29.4 Å². The van der Waals surface area contributed by atoms with Gasteiger partial charge in [0.1, 0.15) is 5.82 Å². The Bertz CT molecular complexity index is 807. The second-order valence-corrected chi connectivity index (χ2v) is 8.46. The van der Waals surface area contributed by atoms with E-state index in [4.69, 9.17) is 0 Å². The molecule has 1 fully saturated rings. The van der Waals surface area contributed by atoms with Gasteiger partial charge in [-0.2, -0.15) is 0 Å². The molecular formula is C20H28FN5OS. The van der Waals surface area contributed by atoms with Crippen LogP contribution in [0.25, 0.3) is 5.69 Å². The molecule has 3 rings (SSSR count). The lowest BCUT2D eigenvalue weighted by molar-refractivity contribution is -0.131. The number of hydrogen-bond donors (Lipinski definition) is 0. The maximum atomic E-state index is 13.4. The number of nitrogens with zero attached hydrogens (tertiary/aromatic N) is 5. The summed E-state index contributed by atoms with van der Waals surface area (Å²) < 4.78 is 15.3. The Balaban J connectivity index is 1.84. The second kappa shape index (κ2) is 9.05. The van der Waals surface area contributed by atoms with Crippen LogP contribution in [-0.2, 0) is 4.79 Å². The van der Waals surface area contributed by atoms with Crippen molar-refractivity contribution in [2.24, 2.45) is 0 Å². The minimum atomic E-state index is -0.289. The molecule has 2 aromatic rings. The Labute approximate surface area is 170 Å². The number of carbonyl (C=O) groups excluding carboxylic acids is 1. The molecule has 0 unspecified atom stereocenters. The average Bonchev–Trinajstić information content (AvgIpc) is 3.10. The summed E-state index contributed by atoms with van der Waals surface area (Å²) in [5.41, 5.74) is 0.788. The molecule has 8 heteroatoms. The minimum Gasteiger partial charge on any atom is -0.339 e. The predicted molar refractivity (Wildman–Crippen MR) is 109 cm³/mol. The largest absolute Gasteiger partial charge is 0.339 e. The molecule has 2 atom stereocenters. The minimum absolute atomic E-state index is 0.0183. The summed E-state index contributed by atoms with van der Waals surface area (Å²) in [6.45, 7) is 4.98. The molecule has 28 heavy (non-hydrogen) atoms. The van der Waals surface area contributed by atoms with Crippen LogP contribution in [-0.4, -0.2) is 62.9 Å². The zero-order valence-corrected chi connectivity index (χ0v) is 17.7. The van der Waals surface area contributed by atoms with Crippen molar-refractivity contribution in [3.8, 4) is 5.69 Å². The van der Waals surface area contributed by atoms with Crippen molar-refractivity contribution in [2.45, 2.75) is 50.4 Å². The van der Waals surface area contributed by atoms with Crippen molar-refractivity contribution in [1.29, 1.82) is 0 Å². The van der Waals surface area contributed by atoms with Gasteiger partial charge in [-0.05, 0) is 71.5 Å². The number of rotatable bonds is 6. The Hall–Kier alpha value is -1.93. The van der Waals surface area contributed by atoms with Crippen LogP contribution >= 0.6 is 11.8 Å². The fraction of sp³-hybridized carbons (Fsp3) is 0.550. The van der Waals surface area contributed by atoms with Crippen molar-refractivity contribution in [1.82, 2.24) is 24.6 Å². The van der Waals surface area contributed by atoms with Gasteiger partial charge in [-0.3, -0.25) is 14.3 Å². The molecule has 0 aliphatic carbocycles. The molecule has 1 aliphatic rings. The van der Waals surface area contributed by atoms with E-state index in [0.29, 0.717) is 17.0 Å². The SMILES string of the molecule is C[C@H](c1nnc(SCC(=O)N2CCCC[C@H]2C)n1-c1ccc(F)cc1)N(C)C. The molecule has 1 aromatic carbocycles. The molecule has 6 nitrogen and oxygen atoms in total. The fourth-order valence-electron chi connectivity index (χ4n) is 3.39. The fourth-order valence-corrected chi connectivity index (χ4v) is 4.23. The monoisotopic (exact) mass is 405 g/mol. The van der Waals surface area contributed by atoms with E-state index >= 15 is 0 Å². The summed E-state index contributed by atoms with van der Waals surface area (Å²) in [4.78, 5) is 16.7. The highest BCUT2D eigenvalue weighted by Crippen LogP contribution is 2.28. The number of piperidine rings is 1. The molecule has 0 bridgehead atoms. The zero-order chi connectivity index (χ0) is 20.3. The van der Waals surface area contributed by atoms with E-state index < -0.39 is 0 Å². The van der Waals surface area contributed by atoms with Crippen LogP contribution in [0.4, 0.5) is 4.39 Å². The van der Waals surface area contributed by atoms with E-state index in [9.17, 15) is 9.18 Å². The summed E-state index contributed by atoms with van der Waals surface area (Å²) in [5, 5.41) is 9.36. The number of benzene rings is 1. The van der Waals surface area contributed by atoms with Gasteiger partial charge >= 0.3 is 0 Å². The standard InChI is InChI=1S/C20H28FN5OS/c1-14-7-5-6-12-25(14)18(27)13-28-20-23-22-19(15(2)24(3)4)26(20)17-10-8-16(21)9-11-17/h8-11,14-15H,5-7,12-13H2,1-4H3/t14-,15-/m1/s1. The van der Waals surface area contributed by atoms with Crippen LogP contribution in [0.2, 0.25) is 0 Å². The maximum absolute atomic E-state index is 13.4. The molecule has 1 aliphatic heterocycles. The maximum Gasteiger partial charge on any atom is 0.233 e. The number of thioether (sulfide) groups is 1. The van der Waals surface area contributed by atoms with Crippen molar-refractivity contribution in [2.75, 3.05) is 26.4 Å². The highest BCUT2D eigenvalue weighted by atomic mass is 32.2. The summed E-state index contributed by atoms with van der Waals surface area (Å²) in [6, 6.07) is 6.58. The molecule has 0 radical (unpaired) electrons. The molecule has 0 saturated carbocycles. The number of aromatic nitrogens is 3. The molecule has 152 valence electrons. The van der Waals surface area contributed by atoms with E-state index in [2.05, 4.69) is 17.1 Å². The van der Waals surface area contributed by atoms with Crippen LogP contribution in [0.1, 0.15) is 45.0 Å². The lowest BCUT2D eigenvalue weighted by Crippen LogP contribution is -2.43. The number of carbonyl (C=O) groups is 1. The number of amides is 1. The van der Waals surface area contributed by atoms with Crippen LogP contribution in [0.5, 0.6) is 0 Å². The molecule has 0 spiro atoms. The first kappa shape index (κ1) is 20.8. The Kier molecular flexibility index (Phi) is 6.72.